The van der Waals surface area contributed by atoms with Gasteiger partial charge in [-0.25, -0.2) is 0 Å². The van der Waals surface area contributed by atoms with Gasteiger partial charge in [-0.1, -0.05) is 6.92 Å². The minimum Gasteiger partial charge on any atom is -0.329 e. The van der Waals surface area contributed by atoms with Gasteiger partial charge in [-0.15, -0.1) is 0 Å². The van der Waals surface area contributed by atoms with Crippen LogP contribution < -0.4 is 0 Å². The molecule has 3 heteroatoms. The van der Waals surface area contributed by atoms with Crippen LogP contribution in [0.3, 0.4) is 0 Å². The summed E-state index contributed by atoms with van der Waals surface area (Å²) in [7, 11) is 2.71. The van der Waals surface area contributed by atoms with Crippen molar-refractivity contribution in [2.45, 2.75) is 25.7 Å². The monoisotopic (exact) mass is 133 g/mol. The molecule has 0 fully saturated rings. The summed E-state index contributed by atoms with van der Waals surface area (Å²) in [6, 6.07) is 0. The Morgan fingerprint density at radius 1 is 1.33 bits per heavy atom. The summed E-state index contributed by atoms with van der Waals surface area (Å²) in [6.45, 7) is 1.91. The average Bonchev–Trinajstić information content (AvgIpc) is 1.89. The van der Waals surface area contributed by atoms with Crippen molar-refractivity contribution in [3.63, 3.8) is 0 Å². The van der Waals surface area contributed by atoms with E-state index in [-0.39, 0.29) is 0 Å². The zero-order chi connectivity index (χ0) is 7.33. The number of hydrogen-bond acceptors (Lipinski definition) is 2. The van der Waals surface area contributed by atoms with E-state index in [1.54, 1.807) is 0 Å². The molecule has 0 aromatic heterocycles. The molecule has 0 aliphatic rings. The maximum Gasteiger partial charge on any atom is 0.311 e. The fraction of sp³-hybridized carbons (Fsp3) is 1.00. The van der Waals surface area contributed by atoms with Gasteiger partial charge in [0.05, 0.1) is 0 Å². The topological polar surface area (TPSA) is 38.4 Å². The molecule has 0 aromatic rings. The van der Waals surface area contributed by atoms with E-state index in [2.05, 4.69) is 9.47 Å². The highest BCUT2D eigenvalue weighted by Crippen LogP contribution is 2.13. The van der Waals surface area contributed by atoms with Gasteiger partial charge in [0, 0.05) is 20.6 Å². The molecule has 0 atom stereocenters. The predicted molar refractivity (Wildman–Crippen MR) is 32.3 cm³/mol. The smallest absolute Gasteiger partial charge is 0.311 e. The van der Waals surface area contributed by atoms with E-state index in [0.29, 0.717) is 6.42 Å². The SMILES string of the molecule is CCCC([O])(OC)OC. The second kappa shape index (κ2) is 3.82. The second-order valence-electron chi connectivity index (χ2n) is 1.84. The minimum atomic E-state index is -1.62. The standard InChI is InChI=1S/C6H13O3/c1-4-5-6(7,8-2)9-3/h4-5H2,1-3H3. The Labute approximate surface area is 55.6 Å². The summed E-state index contributed by atoms with van der Waals surface area (Å²) in [4.78, 5) is 0. The summed E-state index contributed by atoms with van der Waals surface area (Å²) >= 11 is 0. The molecule has 0 unspecified atom stereocenters. The van der Waals surface area contributed by atoms with E-state index < -0.39 is 5.97 Å². The molecule has 0 saturated heterocycles. The van der Waals surface area contributed by atoms with Gasteiger partial charge in [-0.05, 0) is 6.42 Å². The van der Waals surface area contributed by atoms with E-state index in [0.717, 1.165) is 6.42 Å². The van der Waals surface area contributed by atoms with Crippen molar-refractivity contribution >= 4 is 0 Å². The molecule has 3 nitrogen and oxygen atoms in total. The first-order chi connectivity index (χ1) is 4.18. The van der Waals surface area contributed by atoms with Gasteiger partial charge in [0.2, 0.25) is 0 Å². The van der Waals surface area contributed by atoms with E-state index in [4.69, 9.17) is 0 Å². The normalized spacial score (nSPS) is 12.0. The largest absolute Gasteiger partial charge is 0.329 e. The Kier molecular flexibility index (Phi) is 3.77. The van der Waals surface area contributed by atoms with Gasteiger partial charge in [0.1, 0.15) is 0 Å². The first-order valence-electron chi connectivity index (χ1n) is 2.99. The quantitative estimate of drug-likeness (QED) is 0.540. The van der Waals surface area contributed by atoms with Crippen molar-refractivity contribution in [3.05, 3.63) is 0 Å². The molecule has 1 radical (unpaired) electrons. The van der Waals surface area contributed by atoms with Gasteiger partial charge in [-0.2, -0.15) is 5.11 Å². The average molecular weight is 133 g/mol. The number of rotatable bonds is 4. The molecular formula is C6H13O3. The van der Waals surface area contributed by atoms with Crippen molar-refractivity contribution < 1.29 is 14.6 Å². The summed E-state index contributed by atoms with van der Waals surface area (Å²) < 4.78 is 9.10. The van der Waals surface area contributed by atoms with Gasteiger partial charge in [0.15, 0.2) is 0 Å². The molecule has 0 aromatic carbocycles. The Bertz CT molecular complexity index is 68.7. The Hall–Kier alpha value is -0.120. The van der Waals surface area contributed by atoms with Crippen molar-refractivity contribution in [3.8, 4) is 0 Å². The molecule has 55 valence electrons. The van der Waals surface area contributed by atoms with Crippen LogP contribution in [0.4, 0.5) is 0 Å². The molecular weight excluding hydrogens is 120 g/mol. The lowest BCUT2D eigenvalue weighted by atomic mass is 10.3. The molecule has 0 aliphatic heterocycles. The Morgan fingerprint density at radius 3 is 1.89 bits per heavy atom. The van der Waals surface area contributed by atoms with Crippen LogP contribution in [-0.2, 0) is 14.6 Å². The van der Waals surface area contributed by atoms with Gasteiger partial charge in [0.25, 0.3) is 0 Å². The molecule has 0 saturated carbocycles. The molecule has 9 heavy (non-hydrogen) atoms. The third kappa shape index (κ3) is 2.79. The first-order valence-corrected chi connectivity index (χ1v) is 2.99. The van der Waals surface area contributed by atoms with Crippen molar-refractivity contribution in [2.75, 3.05) is 14.2 Å². The lowest BCUT2D eigenvalue weighted by molar-refractivity contribution is -0.372. The second-order valence-corrected chi connectivity index (χ2v) is 1.84. The van der Waals surface area contributed by atoms with Crippen LogP contribution in [0.5, 0.6) is 0 Å². The predicted octanol–water partition coefficient (Wildman–Crippen LogP) is 1.16. The number of hydrogen-bond donors (Lipinski definition) is 0. The van der Waals surface area contributed by atoms with Crippen LogP contribution in [0.2, 0.25) is 0 Å². The van der Waals surface area contributed by atoms with Crippen LogP contribution in [0, 0.1) is 0 Å². The fourth-order valence-electron chi connectivity index (χ4n) is 0.594. The van der Waals surface area contributed by atoms with Crippen LogP contribution in [0.25, 0.3) is 0 Å². The lowest BCUT2D eigenvalue weighted by Gasteiger charge is -2.20. The molecule has 0 aliphatic carbocycles. The van der Waals surface area contributed by atoms with Crippen LogP contribution in [0.15, 0.2) is 0 Å². The van der Waals surface area contributed by atoms with Crippen molar-refractivity contribution in [1.82, 2.24) is 0 Å². The summed E-state index contributed by atoms with van der Waals surface area (Å²) in [5.74, 6) is -1.62. The first kappa shape index (κ1) is 8.88. The number of methoxy groups -OCH3 is 2. The highest BCUT2D eigenvalue weighted by atomic mass is 16.8. The molecule has 0 N–H and O–H groups in total. The van der Waals surface area contributed by atoms with Crippen LogP contribution in [0.1, 0.15) is 19.8 Å². The summed E-state index contributed by atoms with van der Waals surface area (Å²) in [5, 5.41) is 11.0. The maximum atomic E-state index is 11.0. The fourth-order valence-corrected chi connectivity index (χ4v) is 0.594. The maximum absolute atomic E-state index is 11.0. The number of ether oxygens (including phenoxy) is 2. The highest BCUT2D eigenvalue weighted by molar-refractivity contribution is 4.48. The lowest BCUT2D eigenvalue weighted by Crippen LogP contribution is -2.31. The highest BCUT2D eigenvalue weighted by Gasteiger charge is 2.26. The summed E-state index contributed by atoms with van der Waals surface area (Å²) in [6.07, 6.45) is 1.16. The van der Waals surface area contributed by atoms with Crippen molar-refractivity contribution in [1.29, 1.82) is 0 Å². The van der Waals surface area contributed by atoms with E-state index >= 15 is 0 Å². The van der Waals surface area contributed by atoms with E-state index in [1.807, 2.05) is 6.92 Å². The zero-order valence-corrected chi connectivity index (χ0v) is 6.14. The third-order valence-corrected chi connectivity index (χ3v) is 1.18. The van der Waals surface area contributed by atoms with Gasteiger partial charge in [-0.3, -0.25) is 0 Å². The van der Waals surface area contributed by atoms with Gasteiger partial charge >= 0.3 is 5.97 Å². The molecule has 0 spiro atoms. The molecule has 0 bridgehead atoms. The zero-order valence-electron chi connectivity index (χ0n) is 6.14. The Balaban J connectivity index is 3.62. The Morgan fingerprint density at radius 2 is 1.78 bits per heavy atom. The van der Waals surface area contributed by atoms with Crippen LogP contribution in [-0.4, -0.2) is 20.2 Å². The van der Waals surface area contributed by atoms with Gasteiger partial charge < -0.3 is 9.47 Å². The minimum absolute atomic E-state index is 0.389. The molecule has 0 heterocycles. The third-order valence-electron chi connectivity index (χ3n) is 1.18. The van der Waals surface area contributed by atoms with E-state index in [9.17, 15) is 5.11 Å². The molecule has 0 amide bonds. The molecule has 0 rings (SSSR count). The van der Waals surface area contributed by atoms with Crippen LogP contribution >= 0.6 is 0 Å². The van der Waals surface area contributed by atoms with Crippen molar-refractivity contribution in [2.24, 2.45) is 0 Å². The van der Waals surface area contributed by atoms with E-state index in [1.165, 1.54) is 14.2 Å². The summed E-state index contributed by atoms with van der Waals surface area (Å²) in [5.41, 5.74) is 0.